The first-order valence-electron chi connectivity index (χ1n) is 5.07. The van der Waals surface area contributed by atoms with Gasteiger partial charge < -0.3 is 10.1 Å². The number of nitriles is 1. The van der Waals surface area contributed by atoms with Crippen molar-refractivity contribution in [3.8, 4) is 6.07 Å². The third-order valence-electron chi connectivity index (χ3n) is 2.56. The van der Waals surface area contributed by atoms with Gasteiger partial charge in [0.25, 0.3) is 0 Å². The van der Waals surface area contributed by atoms with E-state index >= 15 is 0 Å². The summed E-state index contributed by atoms with van der Waals surface area (Å²) in [5.41, 5.74) is 1.35. The lowest BCUT2D eigenvalue weighted by molar-refractivity contribution is 0.106. The average molecular weight is 239 g/mol. The van der Waals surface area contributed by atoms with E-state index in [1.54, 1.807) is 19.2 Å². The first-order valence-corrected chi connectivity index (χ1v) is 5.45. The second kappa shape index (κ2) is 5.74. The maximum atomic E-state index is 8.85. The van der Waals surface area contributed by atoms with Gasteiger partial charge in [0, 0.05) is 18.8 Å². The quantitative estimate of drug-likeness (QED) is 0.877. The Morgan fingerprint density at radius 3 is 2.69 bits per heavy atom. The standard InChI is InChI=1S/C12H15ClN2O/c1-8(9(2)16-3)15-11-4-5-12(13)10(6-11)7-14/h4-6,8-9,15H,1-3H3. The van der Waals surface area contributed by atoms with Crippen molar-refractivity contribution < 1.29 is 4.74 Å². The summed E-state index contributed by atoms with van der Waals surface area (Å²) < 4.78 is 5.21. The largest absolute Gasteiger partial charge is 0.380 e. The summed E-state index contributed by atoms with van der Waals surface area (Å²) in [6, 6.07) is 7.51. The van der Waals surface area contributed by atoms with Crippen molar-refractivity contribution in [3.63, 3.8) is 0 Å². The topological polar surface area (TPSA) is 45.0 Å². The zero-order valence-corrected chi connectivity index (χ0v) is 10.4. The van der Waals surface area contributed by atoms with Crippen LogP contribution >= 0.6 is 11.6 Å². The fourth-order valence-corrected chi connectivity index (χ4v) is 1.44. The summed E-state index contributed by atoms with van der Waals surface area (Å²) in [7, 11) is 1.67. The first-order chi connectivity index (χ1) is 7.58. The van der Waals surface area contributed by atoms with Crippen LogP contribution in [-0.2, 0) is 4.74 Å². The van der Waals surface area contributed by atoms with Crippen LogP contribution in [0.2, 0.25) is 5.02 Å². The minimum atomic E-state index is 0.0983. The normalized spacial score (nSPS) is 13.9. The molecule has 0 bridgehead atoms. The van der Waals surface area contributed by atoms with E-state index in [0.29, 0.717) is 10.6 Å². The lowest BCUT2D eigenvalue weighted by Gasteiger charge is -2.21. The molecule has 1 rings (SSSR count). The second-order valence-electron chi connectivity index (χ2n) is 3.68. The van der Waals surface area contributed by atoms with E-state index in [2.05, 4.69) is 5.32 Å². The molecule has 2 atom stereocenters. The van der Waals surface area contributed by atoms with E-state index in [1.165, 1.54) is 0 Å². The van der Waals surface area contributed by atoms with E-state index in [0.717, 1.165) is 5.69 Å². The number of nitrogens with one attached hydrogen (secondary N) is 1. The minimum absolute atomic E-state index is 0.0983. The minimum Gasteiger partial charge on any atom is -0.380 e. The molecule has 1 aromatic rings. The Hall–Kier alpha value is -1.24. The number of halogens is 1. The number of ether oxygens (including phenoxy) is 1. The molecule has 2 unspecified atom stereocenters. The number of hydrogen-bond acceptors (Lipinski definition) is 3. The van der Waals surface area contributed by atoms with Crippen LogP contribution in [0.5, 0.6) is 0 Å². The zero-order valence-electron chi connectivity index (χ0n) is 9.62. The first kappa shape index (κ1) is 12.8. The summed E-state index contributed by atoms with van der Waals surface area (Å²) in [6.45, 7) is 4.01. The number of nitrogens with zero attached hydrogens (tertiary/aromatic N) is 1. The zero-order chi connectivity index (χ0) is 12.1. The van der Waals surface area contributed by atoms with Crippen LogP contribution in [0.3, 0.4) is 0 Å². The van der Waals surface area contributed by atoms with Crippen LogP contribution in [0.25, 0.3) is 0 Å². The lowest BCUT2D eigenvalue weighted by Crippen LogP contribution is -2.29. The molecule has 0 aliphatic rings. The average Bonchev–Trinajstić information content (AvgIpc) is 2.30. The van der Waals surface area contributed by atoms with Gasteiger partial charge in [-0.3, -0.25) is 0 Å². The third-order valence-corrected chi connectivity index (χ3v) is 2.89. The molecule has 0 aliphatic heterocycles. The van der Waals surface area contributed by atoms with Crippen molar-refractivity contribution in [1.29, 1.82) is 5.26 Å². The highest BCUT2D eigenvalue weighted by molar-refractivity contribution is 6.31. The molecule has 1 N–H and O–H groups in total. The maximum Gasteiger partial charge on any atom is 0.101 e. The summed E-state index contributed by atoms with van der Waals surface area (Å²) in [4.78, 5) is 0. The Kier molecular flexibility index (Phi) is 4.60. The van der Waals surface area contributed by atoms with Crippen LogP contribution in [-0.4, -0.2) is 19.3 Å². The number of benzene rings is 1. The van der Waals surface area contributed by atoms with Crippen molar-refractivity contribution in [3.05, 3.63) is 28.8 Å². The number of rotatable bonds is 4. The monoisotopic (exact) mass is 238 g/mol. The molecule has 0 amide bonds. The molecule has 0 aromatic heterocycles. The fraction of sp³-hybridized carbons (Fsp3) is 0.417. The van der Waals surface area contributed by atoms with E-state index in [-0.39, 0.29) is 12.1 Å². The molecule has 3 nitrogen and oxygen atoms in total. The third kappa shape index (κ3) is 3.13. The molecule has 86 valence electrons. The lowest BCUT2D eigenvalue weighted by atomic mass is 10.1. The Morgan fingerprint density at radius 2 is 2.12 bits per heavy atom. The van der Waals surface area contributed by atoms with Gasteiger partial charge in [0.2, 0.25) is 0 Å². The van der Waals surface area contributed by atoms with Gasteiger partial charge >= 0.3 is 0 Å². The molecule has 1 aromatic carbocycles. The Morgan fingerprint density at radius 1 is 1.44 bits per heavy atom. The molecule has 0 saturated heterocycles. The molecular weight excluding hydrogens is 224 g/mol. The molecule has 16 heavy (non-hydrogen) atoms. The maximum absolute atomic E-state index is 8.85. The Bertz CT molecular complexity index is 400. The van der Waals surface area contributed by atoms with Crippen LogP contribution in [0.1, 0.15) is 19.4 Å². The molecule has 4 heteroatoms. The van der Waals surface area contributed by atoms with E-state index < -0.39 is 0 Å². The summed E-state index contributed by atoms with van der Waals surface area (Å²) in [5.74, 6) is 0. The van der Waals surface area contributed by atoms with Gasteiger partial charge in [-0.25, -0.2) is 0 Å². The summed E-state index contributed by atoms with van der Waals surface area (Å²) >= 11 is 5.85. The second-order valence-corrected chi connectivity index (χ2v) is 4.09. The molecule has 0 heterocycles. The predicted octanol–water partition coefficient (Wildman–Crippen LogP) is 3.05. The van der Waals surface area contributed by atoms with Crippen molar-refractivity contribution >= 4 is 17.3 Å². The van der Waals surface area contributed by atoms with Gasteiger partial charge in [0.05, 0.1) is 16.7 Å². The summed E-state index contributed by atoms with van der Waals surface area (Å²) in [6.07, 6.45) is 0.0983. The number of anilines is 1. The smallest absolute Gasteiger partial charge is 0.101 e. The van der Waals surface area contributed by atoms with Gasteiger partial charge in [-0.1, -0.05) is 11.6 Å². The SMILES string of the molecule is COC(C)C(C)Nc1ccc(Cl)c(C#N)c1. The van der Waals surface area contributed by atoms with Crippen LogP contribution in [0.15, 0.2) is 18.2 Å². The Balaban J connectivity index is 2.79. The van der Waals surface area contributed by atoms with Gasteiger partial charge in [0.15, 0.2) is 0 Å². The molecule has 0 radical (unpaired) electrons. The molecule has 0 fully saturated rings. The molecule has 0 spiro atoms. The van der Waals surface area contributed by atoms with E-state index in [4.69, 9.17) is 21.6 Å². The van der Waals surface area contributed by atoms with E-state index in [9.17, 15) is 0 Å². The Labute approximate surface area is 101 Å². The highest BCUT2D eigenvalue weighted by Gasteiger charge is 2.11. The fourth-order valence-electron chi connectivity index (χ4n) is 1.29. The van der Waals surface area contributed by atoms with Crippen molar-refractivity contribution in [2.45, 2.75) is 26.0 Å². The van der Waals surface area contributed by atoms with E-state index in [1.807, 2.05) is 26.0 Å². The van der Waals surface area contributed by atoms with Crippen LogP contribution < -0.4 is 5.32 Å². The predicted molar refractivity (Wildman–Crippen MR) is 65.7 cm³/mol. The van der Waals surface area contributed by atoms with Crippen LogP contribution in [0, 0.1) is 11.3 Å². The molecule has 0 aliphatic carbocycles. The van der Waals surface area contributed by atoms with Crippen molar-refractivity contribution in [2.24, 2.45) is 0 Å². The van der Waals surface area contributed by atoms with Crippen LogP contribution in [0.4, 0.5) is 5.69 Å². The van der Waals surface area contributed by atoms with Gasteiger partial charge in [-0.15, -0.1) is 0 Å². The molecular formula is C12H15ClN2O. The van der Waals surface area contributed by atoms with Crippen molar-refractivity contribution in [2.75, 3.05) is 12.4 Å². The summed E-state index contributed by atoms with van der Waals surface area (Å²) in [5, 5.41) is 12.6. The van der Waals surface area contributed by atoms with Gasteiger partial charge in [-0.05, 0) is 32.0 Å². The molecule has 0 saturated carbocycles. The van der Waals surface area contributed by atoms with Gasteiger partial charge in [-0.2, -0.15) is 5.26 Å². The highest BCUT2D eigenvalue weighted by Crippen LogP contribution is 2.20. The highest BCUT2D eigenvalue weighted by atomic mass is 35.5. The van der Waals surface area contributed by atoms with Gasteiger partial charge in [0.1, 0.15) is 6.07 Å². The van der Waals surface area contributed by atoms with Crippen molar-refractivity contribution in [1.82, 2.24) is 0 Å². The number of hydrogen-bond donors (Lipinski definition) is 1. The number of methoxy groups -OCH3 is 1.